The number of anilines is 1. The Kier molecular flexibility index (Phi) is 6.01. The van der Waals surface area contributed by atoms with E-state index in [-0.39, 0.29) is 36.9 Å². The van der Waals surface area contributed by atoms with Crippen molar-refractivity contribution in [2.45, 2.75) is 50.1 Å². The number of hydrogen-bond acceptors (Lipinski definition) is 3. The van der Waals surface area contributed by atoms with Crippen molar-refractivity contribution in [2.75, 3.05) is 38.2 Å². The third kappa shape index (κ3) is 5.42. The maximum atomic E-state index is 14.1. The van der Waals surface area contributed by atoms with Gasteiger partial charge in [-0.2, -0.15) is 0 Å². The lowest BCUT2D eigenvalue weighted by Crippen LogP contribution is -2.50. The second kappa shape index (κ2) is 8.52. The van der Waals surface area contributed by atoms with Gasteiger partial charge in [-0.25, -0.2) is 18.0 Å². The molecule has 1 saturated carbocycles. The predicted molar refractivity (Wildman–Crippen MR) is 104 cm³/mol. The van der Waals surface area contributed by atoms with Gasteiger partial charge in [0.2, 0.25) is 0 Å². The molecule has 2 amide bonds. The molecule has 29 heavy (non-hydrogen) atoms. The average molecular weight is 411 g/mol. The Labute approximate surface area is 169 Å². The van der Waals surface area contributed by atoms with E-state index in [2.05, 4.69) is 5.32 Å². The summed E-state index contributed by atoms with van der Waals surface area (Å²) in [5, 5.41) is 2.76. The lowest BCUT2D eigenvalue weighted by Gasteiger charge is -2.39. The van der Waals surface area contributed by atoms with E-state index in [0.717, 1.165) is 0 Å². The van der Waals surface area contributed by atoms with Crippen molar-refractivity contribution in [3.63, 3.8) is 0 Å². The molecule has 1 atom stereocenters. The first-order valence-corrected chi connectivity index (χ1v) is 10.4. The summed E-state index contributed by atoms with van der Waals surface area (Å²) in [5.74, 6) is -2.42. The fourth-order valence-corrected chi connectivity index (χ4v) is 4.30. The van der Waals surface area contributed by atoms with Gasteiger partial charge in [-0.3, -0.25) is 4.90 Å². The number of carbonyl (C=O) groups is 1. The Balaban J connectivity index is 1.27. The minimum Gasteiger partial charge on any atom is -0.380 e. The number of benzene rings is 1. The molecule has 0 aromatic heterocycles. The Morgan fingerprint density at radius 1 is 1.10 bits per heavy atom. The van der Waals surface area contributed by atoms with Crippen molar-refractivity contribution < 1.29 is 22.7 Å². The molecule has 1 N–H and O–H groups in total. The van der Waals surface area contributed by atoms with Gasteiger partial charge in [-0.05, 0) is 55.9 Å². The third-order valence-corrected chi connectivity index (χ3v) is 6.09. The summed E-state index contributed by atoms with van der Waals surface area (Å²) in [6.07, 6.45) is 3.53. The van der Waals surface area contributed by atoms with Gasteiger partial charge < -0.3 is 15.0 Å². The molecular weight excluding hydrogens is 383 g/mol. The standard InChI is InChI=1S/C21H28F3N3O2/c22-16-3-5-17(6-4-16)25-20(28)26-9-7-18(8-10-26)27-14-21(23,24)11-19(27)13-29-12-15-1-2-15/h3-6,15,18-19H,1-2,7-14H2,(H,25,28)/t19-/m0/s1. The summed E-state index contributed by atoms with van der Waals surface area (Å²) in [5.41, 5.74) is 0.533. The minimum absolute atomic E-state index is 0.0350. The van der Waals surface area contributed by atoms with Gasteiger partial charge >= 0.3 is 6.03 Å². The Morgan fingerprint density at radius 2 is 1.79 bits per heavy atom. The van der Waals surface area contributed by atoms with Crippen molar-refractivity contribution >= 4 is 11.7 Å². The molecule has 0 bridgehead atoms. The molecule has 4 rings (SSSR count). The number of amides is 2. The van der Waals surface area contributed by atoms with Crippen molar-refractivity contribution in [3.8, 4) is 0 Å². The van der Waals surface area contributed by atoms with Crippen LogP contribution < -0.4 is 5.32 Å². The summed E-state index contributed by atoms with van der Waals surface area (Å²) in [7, 11) is 0. The van der Waals surface area contributed by atoms with Crippen molar-refractivity contribution in [1.82, 2.24) is 9.80 Å². The van der Waals surface area contributed by atoms with Crippen molar-refractivity contribution in [1.29, 1.82) is 0 Å². The number of alkyl halides is 2. The van der Waals surface area contributed by atoms with E-state index in [0.29, 0.717) is 50.8 Å². The maximum absolute atomic E-state index is 14.1. The van der Waals surface area contributed by atoms with E-state index >= 15 is 0 Å². The molecule has 0 unspecified atom stereocenters. The highest BCUT2D eigenvalue weighted by molar-refractivity contribution is 5.89. The Bertz CT molecular complexity index is 704. The van der Waals surface area contributed by atoms with Crippen LogP contribution in [0, 0.1) is 11.7 Å². The van der Waals surface area contributed by atoms with Crippen LogP contribution in [-0.4, -0.2) is 66.7 Å². The smallest absolute Gasteiger partial charge is 0.321 e. The second-order valence-electron chi connectivity index (χ2n) is 8.52. The van der Waals surface area contributed by atoms with Crippen LogP contribution in [0.3, 0.4) is 0 Å². The highest BCUT2D eigenvalue weighted by atomic mass is 19.3. The topological polar surface area (TPSA) is 44.8 Å². The molecule has 3 aliphatic rings. The number of hydrogen-bond donors (Lipinski definition) is 1. The first-order chi connectivity index (χ1) is 13.9. The monoisotopic (exact) mass is 411 g/mol. The number of piperidine rings is 1. The molecule has 2 heterocycles. The van der Waals surface area contributed by atoms with E-state index < -0.39 is 5.92 Å². The molecule has 0 spiro atoms. The van der Waals surface area contributed by atoms with Crippen LogP contribution in [0.15, 0.2) is 24.3 Å². The average Bonchev–Trinajstić information content (AvgIpc) is 3.46. The molecular formula is C21H28F3N3O2. The number of likely N-dealkylation sites (tertiary alicyclic amines) is 2. The van der Waals surface area contributed by atoms with Gasteiger partial charge in [0.15, 0.2) is 0 Å². The summed E-state index contributed by atoms with van der Waals surface area (Å²) in [4.78, 5) is 16.0. The molecule has 8 heteroatoms. The highest BCUT2D eigenvalue weighted by Crippen LogP contribution is 2.36. The van der Waals surface area contributed by atoms with E-state index in [9.17, 15) is 18.0 Å². The number of nitrogens with zero attached hydrogens (tertiary/aromatic N) is 2. The number of urea groups is 1. The van der Waals surface area contributed by atoms with Crippen LogP contribution in [0.2, 0.25) is 0 Å². The van der Waals surface area contributed by atoms with Gasteiger partial charge in [0.1, 0.15) is 5.82 Å². The zero-order valence-electron chi connectivity index (χ0n) is 16.5. The lowest BCUT2D eigenvalue weighted by atomic mass is 10.0. The highest BCUT2D eigenvalue weighted by Gasteiger charge is 2.47. The summed E-state index contributed by atoms with van der Waals surface area (Å²) >= 11 is 0. The minimum atomic E-state index is -2.68. The fourth-order valence-electron chi connectivity index (χ4n) is 4.30. The number of ether oxygens (including phenoxy) is 1. The van der Waals surface area contributed by atoms with Crippen LogP contribution in [0.1, 0.15) is 32.1 Å². The zero-order chi connectivity index (χ0) is 20.4. The SMILES string of the molecule is O=C(Nc1ccc(F)cc1)N1CCC(N2CC(F)(F)C[C@H]2COCC2CC2)CC1. The number of nitrogens with one attached hydrogen (secondary N) is 1. The summed E-state index contributed by atoms with van der Waals surface area (Å²) < 4.78 is 46.8. The molecule has 0 radical (unpaired) electrons. The first-order valence-electron chi connectivity index (χ1n) is 10.4. The normalized spacial score (nSPS) is 25.3. The van der Waals surface area contributed by atoms with E-state index in [1.54, 1.807) is 4.90 Å². The quantitative estimate of drug-likeness (QED) is 0.771. The molecule has 160 valence electrons. The van der Waals surface area contributed by atoms with E-state index in [4.69, 9.17) is 4.74 Å². The lowest BCUT2D eigenvalue weighted by molar-refractivity contribution is 0.00378. The molecule has 2 saturated heterocycles. The number of halogens is 3. The van der Waals surface area contributed by atoms with Gasteiger partial charge in [-0.1, -0.05) is 0 Å². The van der Waals surface area contributed by atoms with Crippen LogP contribution >= 0.6 is 0 Å². The molecule has 1 aromatic carbocycles. The van der Waals surface area contributed by atoms with Crippen LogP contribution in [0.5, 0.6) is 0 Å². The maximum Gasteiger partial charge on any atom is 0.321 e. The molecule has 3 fully saturated rings. The van der Waals surface area contributed by atoms with E-state index in [1.165, 1.54) is 37.1 Å². The van der Waals surface area contributed by atoms with Crippen LogP contribution in [0.25, 0.3) is 0 Å². The Morgan fingerprint density at radius 3 is 2.45 bits per heavy atom. The molecule has 1 aliphatic carbocycles. The van der Waals surface area contributed by atoms with Gasteiger partial charge in [0, 0.05) is 43.9 Å². The van der Waals surface area contributed by atoms with Gasteiger partial charge in [-0.15, -0.1) is 0 Å². The molecule has 5 nitrogen and oxygen atoms in total. The predicted octanol–water partition coefficient (Wildman–Crippen LogP) is 3.96. The van der Waals surface area contributed by atoms with Crippen LogP contribution in [0.4, 0.5) is 23.7 Å². The molecule has 1 aromatic rings. The largest absolute Gasteiger partial charge is 0.380 e. The van der Waals surface area contributed by atoms with Crippen molar-refractivity contribution in [3.05, 3.63) is 30.1 Å². The zero-order valence-corrected chi connectivity index (χ0v) is 16.5. The van der Waals surface area contributed by atoms with Crippen molar-refractivity contribution in [2.24, 2.45) is 5.92 Å². The second-order valence-corrected chi connectivity index (χ2v) is 8.52. The molecule has 2 aliphatic heterocycles. The Hall–Kier alpha value is -1.80. The van der Waals surface area contributed by atoms with Gasteiger partial charge in [0.25, 0.3) is 5.92 Å². The first kappa shape index (κ1) is 20.5. The summed E-state index contributed by atoms with van der Waals surface area (Å²) in [6.45, 7) is 1.83. The van der Waals surface area contributed by atoms with E-state index in [1.807, 2.05) is 4.90 Å². The van der Waals surface area contributed by atoms with Crippen LogP contribution in [-0.2, 0) is 4.74 Å². The number of rotatable bonds is 6. The third-order valence-electron chi connectivity index (χ3n) is 6.09. The fraction of sp³-hybridized carbons (Fsp3) is 0.667. The summed E-state index contributed by atoms with van der Waals surface area (Å²) in [6, 6.07) is 5.14. The number of carbonyl (C=O) groups excluding carboxylic acids is 1. The van der Waals surface area contributed by atoms with Gasteiger partial charge in [0.05, 0.1) is 13.2 Å².